The van der Waals surface area contributed by atoms with Crippen LogP contribution < -0.4 is 11.1 Å². The lowest BCUT2D eigenvalue weighted by atomic mass is 10.3. The smallest absolute Gasteiger partial charge is 0.148 e. The largest absolute Gasteiger partial charge is 0.394 e. The first-order valence-electron chi connectivity index (χ1n) is 5.15. The molecule has 16 heavy (non-hydrogen) atoms. The number of rotatable bonds is 4. The Bertz CT molecular complexity index is 460. The fourth-order valence-electron chi connectivity index (χ4n) is 1.57. The van der Waals surface area contributed by atoms with Crippen LogP contribution >= 0.6 is 11.3 Å². The summed E-state index contributed by atoms with van der Waals surface area (Å²) in [6.45, 7) is 2.78. The summed E-state index contributed by atoms with van der Waals surface area (Å²) in [7, 11) is 1.89. The SMILES string of the molecule is CCc1nn(C)c(NCc2cncs2)c1N. The molecular weight excluding hydrogens is 222 g/mol. The van der Waals surface area contributed by atoms with Gasteiger partial charge in [0.05, 0.1) is 23.4 Å². The second-order valence-electron chi connectivity index (χ2n) is 3.51. The highest BCUT2D eigenvalue weighted by Gasteiger charge is 2.11. The third-order valence-electron chi connectivity index (χ3n) is 2.41. The predicted octanol–water partition coefficient (Wildman–Crippen LogP) is 1.63. The molecule has 0 aliphatic heterocycles. The van der Waals surface area contributed by atoms with Crippen LogP contribution in [0, 0.1) is 0 Å². The van der Waals surface area contributed by atoms with Crippen molar-refractivity contribution >= 4 is 22.8 Å². The molecule has 0 atom stereocenters. The molecule has 5 nitrogen and oxygen atoms in total. The predicted molar refractivity (Wildman–Crippen MR) is 66.4 cm³/mol. The van der Waals surface area contributed by atoms with Crippen LogP contribution in [0.1, 0.15) is 17.5 Å². The molecule has 2 rings (SSSR count). The van der Waals surface area contributed by atoms with Crippen LogP contribution in [0.5, 0.6) is 0 Å². The van der Waals surface area contributed by atoms with Crippen molar-refractivity contribution in [1.29, 1.82) is 0 Å². The topological polar surface area (TPSA) is 68.8 Å². The quantitative estimate of drug-likeness (QED) is 0.848. The maximum Gasteiger partial charge on any atom is 0.148 e. The summed E-state index contributed by atoms with van der Waals surface area (Å²) in [5.41, 5.74) is 9.50. The lowest BCUT2D eigenvalue weighted by Gasteiger charge is -2.05. The molecule has 0 aliphatic rings. The van der Waals surface area contributed by atoms with Crippen molar-refractivity contribution in [2.75, 3.05) is 11.1 Å². The Morgan fingerprint density at radius 1 is 1.56 bits per heavy atom. The van der Waals surface area contributed by atoms with Crippen molar-refractivity contribution < 1.29 is 0 Å². The molecule has 0 amide bonds. The number of nitrogen functional groups attached to an aromatic ring is 1. The van der Waals surface area contributed by atoms with E-state index in [2.05, 4.69) is 15.4 Å². The Morgan fingerprint density at radius 2 is 2.38 bits per heavy atom. The van der Waals surface area contributed by atoms with Gasteiger partial charge in [0.15, 0.2) is 0 Å². The van der Waals surface area contributed by atoms with Gasteiger partial charge < -0.3 is 11.1 Å². The fourth-order valence-corrected chi connectivity index (χ4v) is 2.10. The first kappa shape index (κ1) is 10.9. The first-order valence-corrected chi connectivity index (χ1v) is 6.03. The zero-order valence-electron chi connectivity index (χ0n) is 9.40. The summed E-state index contributed by atoms with van der Waals surface area (Å²) >= 11 is 1.62. The van der Waals surface area contributed by atoms with Gasteiger partial charge in [0.2, 0.25) is 0 Å². The molecule has 0 radical (unpaired) electrons. The molecule has 0 fully saturated rings. The zero-order chi connectivity index (χ0) is 11.5. The molecular formula is C10H15N5S. The van der Waals surface area contributed by atoms with Gasteiger partial charge in [-0.25, -0.2) is 0 Å². The number of nitrogens with zero attached hydrogens (tertiary/aromatic N) is 3. The second kappa shape index (κ2) is 4.52. The first-order chi connectivity index (χ1) is 7.72. The third-order valence-corrected chi connectivity index (χ3v) is 3.19. The number of anilines is 2. The Hall–Kier alpha value is -1.56. The Morgan fingerprint density at radius 3 is 2.94 bits per heavy atom. The molecule has 2 aromatic rings. The summed E-state index contributed by atoms with van der Waals surface area (Å²) < 4.78 is 1.79. The lowest BCUT2D eigenvalue weighted by molar-refractivity contribution is 0.748. The van der Waals surface area contributed by atoms with Crippen LogP contribution in [-0.4, -0.2) is 14.8 Å². The van der Waals surface area contributed by atoms with Crippen LogP contribution in [0.25, 0.3) is 0 Å². The van der Waals surface area contributed by atoms with E-state index in [4.69, 9.17) is 5.73 Å². The maximum absolute atomic E-state index is 6.00. The lowest BCUT2D eigenvalue weighted by Crippen LogP contribution is -2.05. The Kier molecular flexibility index (Phi) is 3.09. The zero-order valence-corrected chi connectivity index (χ0v) is 10.2. The van der Waals surface area contributed by atoms with Crippen molar-refractivity contribution in [3.05, 3.63) is 22.3 Å². The van der Waals surface area contributed by atoms with E-state index in [1.165, 1.54) is 4.88 Å². The van der Waals surface area contributed by atoms with Crippen molar-refractivity contribution in [2.24, 2.45) is 7.05 Å². The molecule has 0 saturated carbocycles. The number of aryl methyl sites for hydroxylation is 2. The number of hydrogen-bond acceptors (Lipinski definition) is 5. The van der Waals surface area contributed by atoms with Gasteiger partial charge in [-0.05, 0) is 6.42 Å². The molecule has 0 spiro atoms. The van der Waals surface area contributed by atoms with Gasteiger partial charge in [0.25, 0.3) is 0 Å². The normalized spacial score (nSPS) is 10.6. The second-order valence-corrected chi connectivity index (χ2v) is 4.48. The van der Waals surface area contributed by atoms with Gasteiger partial charge in [-0.2, -0.15) is 5.10 Å². The molecule has 6 heteroatoms. The van der Waals surface area contributed by atoms with E-state index in [1.54, 1.807) is 16.0 Å². The average Bonchev–Trinajstić information content (AvgIpc) is 2.86. The van der Waals surface area contributed by atoms with Gasteiger partial charge in [-0.3, -0.25) is 9.67 Å². The number of nitrogens with two attached hydrogens (primary N) is 1. The van der Waals surface area contributed by atoms with Crippen LogP contribution in [-0.2, 0) is 20.0 Å². The molecule has 86 valence electrons. The summed E-state index contributed by atoms with van der Waals surface area (Å²) in [5, 5.41) is 7.63. The molecule has 0 aromatic carbocycles. The minimum atomic E-state index is 0.734. The van der Waals surface area contributed by atoms with E-state index in [-0.39, 0.29) is 0 Å². The Balaban J connectivity index is 2.12. The van der Waals surface area contributed by atoms with E-state index >= 15 is 0 Å². The summed E-state index contributed by atoms with van der Waals surface area (Å²) in [4.78, 5) is 5.20. The standard InChI is InChI=1S/C10H15N5S/c1-3-8-9(11)10(15(2)14-8)13-5-7-4-12-6-16-7/h4,6,13H,3,5,11H2,1-2H3. The number of nitrogens with one attached hydrogen (secondary N) is 1. The molecule has 0 aliphatic carbocycles. The number of aromatic nitrogens is 3. The Labute approximate surface area is 98.3 Å². The van der Waals surface area contributed by atoms with Crippen LogP contribution in [0.15, 0.2) is 11.7 Å². The van der Waals surface area contributed by atoms with Crippen LogP contribution in [0.4, 0.5) is 11.5 Å². The van der Waals surface area contributed by atoms with Crippen molar-refractivity contribution in [3.63, 3.8) is 0 Å². The van der Waals surface area contributed by atoms with Gasteiger partial charge in [-0.15, -0.1) is 11.3 Å². The summed E-state index contributed by atoms with van der Waals surface area (Å²) in [6, 6.07) is 0. The van der Waals surface area contributed by atoms with E-state index in [9.17, 15) is 0 Å². The van der Waals surface area contributed by atoms with Crippen molar-refractivity contribution in [1.82, 2.24) is 14.8 Å². The molecule has 0 saturated heterocycles. The fraction of sp³-hybridized carbons (Fsp3) is 0.400. The highest BCUT2D eigenvalue weighted by atomic mass is 32.1. The molecule has 2 heterocycles. The van der Waals surface area contributed by atoms with E-state index < -0.39 is 0 Å². The van der Waals surface area contributed by atoms with E-state index in [0.29, 0.717) is 0 Å². The van der Waals surface area contributed by atoms with Gasteiger partial charge in [0.1, 0.15) is 5.82 Å². The van der Waals surface area contributed by atoms with E-state index in [1.807, 2.05) is 25.7 Å². The van der Waals surface area contributed by atoms with Crippen LogP contribution in [0.2, 0.25) is 0 Å². The maximum atomic E-state index is 6.00. The van der Waals surface area contributed by atoms with Crippen molar-refractivity contribution in [3.8, 4) is 0 Å². The van der Waals surface area contributed by atoms with Gasteiger partial charge >= 0.3 is 0 Å². The molecule has 0 unspecified atom stereocenters. The average molecular weight is 237 g/mol. The van der Waals surface area contributed by atoms with Crippen LogP contribution in [0.3, 0.4) is 0 Å². The number of hydrogen-bond donors (Lipinski definition) is 2. The third kappa shape index (κ3) is 2.01. The van der Waals surface area contributed by atoms with Gasteiger partial charge in [0, 0.05) is 18.1 Å². The molecule has 2 aromatic heterocycles. The van der Waals surface area contributed by atoms with E-state index in [0.717, 1.165) is 30.2 Å². The van der Waals surface area contributed by atoms with Gasteiger partial charge in [-0.1, -0.05) is 6.92 Å². The minimum Gasteiger partial charge on any atom is -0.394 e. The highest BCUT2D eigenvalue weighted by Crippen LogP contribution is 2.23. The molecule has 0 bridgehead atoms. The highest BCUT2D eigenvalue weighted by molar-refractivity contribution is 7.09. The van der Waals surface area contributed by atoms with Crippen molar-refractivity contribution in [2.45, 2.75) is 19.9 Å². The monoisotopic (exact) mass is 237 g/mol. The number of thiazole rings is 1. The molecule has 3 N–H and O–H groups in total. The summed E-state index contributed by atoms with van der Waals surface area (Å²) in [6.07, 6.45) is 2.70. The summed E-state index contributed by atoms with van der Waals surface area (Å²) in [5.74, 6) is 0.880. The minimum absolute atomic E-state index is 0.734.